The zero-order valence-electron chi connectivity index (χ0n) is 30.3. The molecule has 0 radical (unpaired) electrons. The predicted molar refractivity (Wildman–Crippen MR) is 194 cm³/mol. The van der Waals surface area contributed by atoms with Gasteiger partial charge in [0.15, 0.2) is 0 Å². The van der Waals surface area contributed by atoms with Crippen LogP contribution in [0.2, 0.25) is 0 Å². The SMILES string of the molecule is C=CC(=O)N1CCn2nc(-c3nc(-c4ccc5c(c4)CN(C)[C@H](C(=O)N(C)C)C5)c4c(c3-c3c(F)cc(F)cc3OCCOC)CCC4)cc2[C@H]1C. The van der Waals surface area contributed by atoms with Crippen LogP contribution < -0.4 is 4.74 Å². The van der Waals surface area contributed by atoms with Crippen molar-refractivity contribution in [1.29, 1.82) is 0 Å². The predicted octanol–water partition coefficient (Wildman–Crippen LogP) is 5.61. The van der Waals surface area contributed by atoms with E-state index in [1.54, 1.807) is 23.9 Å². The second kappa shape index (κ2) is 14.2. The Kier molecular flexibility index (Phi) is 9.71. The van der Waals surface area contributed by atoms with Gasteiger partial charge in [-0.15, -0.1) is 0 Å². The fourth-order valence-electron chi connectivity index (χ4n) is 7.97. The van der Waals surface area contributed by atoms with E-state index in [2.05, 4.69) is 29.7 Å². The lowest BCUT2D eigenvalue weighted by molar-refractivity contribution is -0.134. The van der Waals surface area contributed by atoms with Gasteiger partial charge in [-0.1, -0.05) is 18.7 Å². The molecule has 2 amide bonds. The number of carbonyl (C=O) groups excluding carboxylic acids is 2. The van der Waals surface area contributed by atoms with Crippen molar-refractivity contribution in [3.63, 3.8) is 0 Å². The van der Waals surface area contributed by atoms with Gasteiger partial charge in [0, 0.05) is 57.6 Å². The number of carbonyl (C=O) groups is 2. The molecule has 2 atom stereocenters. The molecule has 2 aromatic heterocycles. The topological polar surface area (TPSA) is 93.0 Å². The molecule has 2 aliphatic heterocycles. The van der Waals surface area contributed by atoms with Gasteiger partial charge in [0.05, 0.1) is 47.9 Å². The summed E-state index contributed by atoms with van der Waals surface area (Å²) in [6, 6.07) is 9.79. The number of pyridine rings is 1. The fraction of sp³-hybridized carbons (Fsp3) is 0.400. The molecule has 272 valence electrons. The lowest BCUT2D eigenvalue weighted by atomic mass is 9.88. The summed E-state index contributed by atoms with van der Waals surface area (Å²) in [5, 5.41) is 5.00. The molecule has 0 N–H and O–H groups in total. The average molecular weight is 711 g/mol. The minimum Gasteiger partial charge on any atom is -0.490 e. The summed E-state index contributed by atoms with van der Waals surface area (Å²) in [7, 11) is 7.07. The Bertz CT molecular complexity index is 2080. The normalized spacial score (nSPS) is 18.1. The van der Waals surface area contributed by atoms with Gasteiger partial charge < -0.3 is 19.3 Å². The number of benzene rings is 2. The van der Waals surface area contributed by atoms with Gasteiger partial charge >= 0.3 is 0 Å². The first kappa shape index (κ1) is 35.5. The van der Waals surface area contributed by atoms with Crippen LogP contribution in [0.15, 0.2) is 49.1 Å². The number of likely N-dealkylation sites (N-methyl/N-ethyl adjacent to an activating group) is 2. The first-order valence-electron chi connectivity index (χ1n) is 17.7. The molecule has 7 rings (SSSR count). The Morgan fingerprint density at radius 3 is 2.56 bits per heavy atom. The fourth-order valence-corrected chi connectivity index (χ4v) is 7.97. The van der Waals surface area contributed by atoms with Crippen molar-refractivity contribution in [2.75, 3.05) is 48.0 Å². The van der Waals surface area contributed by atoms with Crippen LogP contribution in [-0.4, -0.2) is 95.3 Å². The zero-order chi connectivity index (χ0) is 36.8. The highest BCUT2D eigenvalue weighted by Crippen LogP contribution is 2.47. The maximum absolute atomic E-state index is 16.2. The number of hydrogen-bond donors (Lipinski definition) is 0. The summed E-state index contributed by atoms with van der Waals surface area (Å²) in [6.45, 7) is 7.50. The standard InChI is InChI=1S/C40H44F2N6O4/c1-7-35(49)47-13-14-48-32(23(47)2)21-31(44-48)39-36(37-30(42)19-27(41)20-34(37)52-16-15-51-6)28-9-8-10-29(28)38(43-39)25-12-11-24-18-33(40(50)45(3)4)46(5)22-26(24)17-25/h7,11-12,17,19-21,23,33H,1,8-10,13-16,18,22H2,2-6H3/t23-,33+/m1/s1. The minimum atomic E-state index is -0.754. The highest BCUT2D eigenvalue weighted by atomic mass is 19.1. The number of fused-ring (bicyclic) bond motifs is 3. The Labute approximate surface area is 302 Å². The Hall–Kier alpha value is -4.94. The molecule has 4 aromatic rings. The van der Waals surface area contributed by atoms with Crippen LogP contribution in [-0.2, 0) is 46.7 Å². The van der Waals surface area contributed by atoms with Gasteiger partial charge in [-0.05, 0) is 80.1 Å². The van der Waals surface area contributed by atoms with Crippen LogP contribution in [0.5, 0.6) is 5.75 Å². The van der Waals surface area contributed by atoms with Crippen LogP contribution in [0.25, 0.3) is 33.8 Å². The molecule has 2 aromatic carbocycles. The average Bonchev–Trinajstić information content (AvgIpc) is 3.79. The Morgan fingerprint density at radius 2 is 1.81 bits per heavy atom. The molecule has 10 nitrogen and oxygen atoms in total. The van der Waals surface area contributed by atoms with Crippen LogP contribution in [0.4, 0.5) is 8.78 Å². The quantitative estimate of drug-likeness (QED) is 0.165. The highest BCUT2D eigenvalue weighted by Gasteiger charge is 2.34. The molecule has 4 heterocycles. The van der Waals surface area contributed by atoms with Gasteiger partial charge in [-0.25, -0.2) is 13.8 Å². The summed E-state index contributed by atoms with van der Waals surface area (Å²) in [5.41, 5.74) is 8.36. The first-order valence-corrected chi connectivity index (χ1v) is 17.7. The van der Waals surface area contributed by atoms with Gasteiger partial charge in [-0.2, -0.15) is 5.10 Å². The molecule has 0 saturated carbocycles. The van der Waals surface area contributed by atoms with Crippen molar-refractivity contribution in [1.82, 2.24) is 29.5 Å². The second-order valence-electron chi connectivity index (χ2n) is 14.0. The van der Waals surface area contributed by atoms with Crippen molar-refractivity contribution < 1.29 is 27.8 Å². The molecular formula is C40H44F2N6O4. The Balaban J connectivity index is 1.42. The molecule has 1 aliphatic carbocycles. The van der Waals surface area contributed by atoms with E-state index in [1.807, 2.05) is 24.7 Å². The van der Waals surface area contributed by atoms with E-state index in [1.165, 1.54) is 19.3 Å². The summed E-state index contributed by atoms with van der Waals surface area (Å²) in [6.07, 6.45) is 4.15. The van der Waals surface area contributed by atoms with E-state index in [9.17, 15) is 14.0 Å². The lowest BCUT2D eigenvalue weighted by Crippen LogP contribution is -2.48. The van der Waals surface area contributed by atoms with Crippen LogP contribution in [0.1, 0.15) is 47.3 Å². The van der Waals surface area contributed by atoms with Crippen molar-refractivity contribution in [2.24, 2.45) is 0 Å². The van der Waals surface area contributed by atoms with Crippen LogP contribution in [0.3, 0.4) is 0 Å². The third-order valence-corrected chi connectivity index (χ3v) is 10.6. The van der Waals surface area contributed by atoms with E-state index in [4.69, 9.17) is 19.6 Å². The molecule has 0 unspecified atom stereocenters. The van der Waals surface area contributed by atoms with Gasteiger partial charge in [0.2, 0.25) is 11.8 Å². The monoisotopic (exact) mass is 710 g/mol. The smallest absolute Gasteiger partial charge is 0.246 e. The van der Waals surface area contributed by atoms with E-state index >= 15 is 4.39 Å². The third-order valence-electron chi connectivity index (χ3n) is 10.6. The highest BCUT2D eigenvalue weighted by molar-refractivity contribution is 5.90. The van der Waals surface area contributed by atoms with E-state index < -0.39 is 11.6 Å². The summed E-state index contributed by atoms with van der Waals surface area (Å²) in [4.78, 5) is 36.4. The van der Waals surface area contributed by atoms with Crippen molar-refractivity contribution in [3.8, 4) is 39.5 Å². The lowest BCUT2D eigenvalue weighted by Gasteiger charge is -2.34. The number of ether oxygens (including phenoxy) is 2. The number of nitrogens with zero attached hydrogens (tertiary/aromatic N) is 6. The van der Waals surface area contributed by atoms with Gasteiger partial charge in [0.25, 0.3) is 0 Å². The third kappa shape index (κ3) is 6.28. The zero-order valence-corrected chi connectivity index (χ0v) is 30.3. The Morgan fingerprint density at radius 1 is 1.02 bits per heavy atom. The summed E-state index contributed by atoms with van der Waals surface area (Å²) in [5.74, 6) is -1.52. The maximum Gasteiger partial charge on any atom is 0.246 e. The maximum atomic E-state index is 16.2. The molecule has 3 aliphatic rings. The number of hydrogen-bond acceptors (Lipinski definition) is 7. The van der Waals surface area contributed by atoms with E-state index in [0.29, 0.717) is 49.4 Å². The number of halogens is 2. The van der Waals surface area contributed by atoms with Crippen LogP contribution >= 0.6 is 0 Å². The summed E-state index contributed by atoms with van der Waals surface area (Å²) < 4.78 is 44.0. The first-order chi connectivity index (χ1) is 25.0. The van der Waals surface area contributed by atoms with Crippen molar-refractivity contribution >= 4 is 11.8 Å². The minimum absolute atomic E-state index is 0.0678. The number of aromatic nitrogens is 3. The number of methoxy groups -OCH3 is 1. The molecule has 0 saturated heterocycles. The van der Waals surface area contributed by atoms with E-state index in [0.717, 1.165) is 58.1 Å². The molecule has 0 spiro atoms. The summed E-state index contributed by atoms with van der Waals surface area (Å²) >= 11 is 0. The van der Waals surface area contributed by atoms with E-state index in [-0.39, 0.29) is 48.4 Å². The van der Waals surface area contributed by atoms with Gasteiger partial charge in [0.1, 0.15) is 29.7 Å². The number of rotatable bonds is 9. The molecule has 12 heteroatoms. The number of amides is 2. The van der Waals surface area contributed by atoms with Gasteiger partial charge in [-0.3, -0.25) is 19.2 Å². The van der Waals surface area contributed by atoms with Crippen molar-refractivity contribution in [2.45, 2.75) is 57.8 Å². The second-order valence-corrected chi connectivity index (χ2v) is 14.0. The van der Waals surface area contributed by atoms with Crippen LogP contribution in [0, 0.1) is 11.6 Å². The molecule has 52 heavy (non-hydrogen) atoms. The molecule has 0 bridgehead atoms. The molecular weight excluding hydrogens is 666 g/mol. The van der Waals surface area contributed by atoms with Crippen molar-refractivity contribution in [3.05, 3.63) is 88.6 Å². The molecule has 0 fully saturated rings. The largest absolute Gasteiger partial charge is 0.490 e.